The first-order chi connectivity index (χ1) is 10.8. The monoisotopic (exact) mass is 303 g/mol. The fraction of sp³-hybridized carbons (Fsp3) is 0.722. The van der Waals surface area contributed by atoms with E-state index < -0.39 is 0 Å². The Hall–Kier alpha value is -0.970. The average Bonchev–Trinajstić information content (AvgIpc) is 2.74. The van der Waals surface area contributed by atoms with Gasteiger partial charge in [0.25, 0.3) is 0 Å². The predicted octanol–water partition coefficient (Wildman–Crippen LogP) is 2.00. The van der Waals surface area contributed by atoms with Gasteiger partial charge >= 0.3 is 0 Å². The van der Waals surface area contributed by atoms with E-state index in [9.17, 15) is 5.11 Å². The van der Waals surface area contributed by atoms with Crippen molar-refractivity contribution < 1.29 is 5.11 Å². The first-order valence-electron chi connectivity index (χ1n) is 8.79. The summed E-state index contributed by atoms with van der Waals surface area (Å²) in [5.74, 6) is 1.04. The first-order valence-corrected chi connectivity index (χ1v) is 8.79. The van der Waals surface area contributed by atoms with Crippen LogP contribution < -0.4 is 0 Å². The van der Waals surface area contributed by atoms with E-state index in [1.54, 1.807) is 0 Å². The van der Waals surface area contributed by atoms with E-state index in [-0.39, 0.29) is 0 Å². The quantitative estimate of drug-likeness (QED) is 0.903. The van der Waals surface area contributed by atoms with Crippen LogP contribution in [0.5, 0.6) is 0 Å². The van der Waals surface area contributed by atoms with Crippen LogP contribution in [0.15, 0.2) is 24.5 Å². The van der Waals surface area contributed by atoms with Crippen molar-refractivity contribution >= 4 is 0 Å². The number of pyridine rings is 1. The van der Waals surface area contributed by atoms with Crippen LogP contribution in [0, 0.1) is 11.8 Å². The lowest BCUT2D eigenvalue weighted by Gasteiger charge is -2.26. The third-order valence-electron chi connectivity index (χ3n) is 5.21. The molecule has 0 spiro atoms. The summed E-state index contributed by atoms with van der Waals surface area (Å²) in [6.45, 7) is 7.06. The number of nitrogens with zero attached hydrogens (tertiary/aromatic N) is 3. The predicted molar refractivity (Wildman–Crippen MR) is 88.5 cm³/mol. The molecular formula is C18H29N3O. The van der Waals surface area contributed by atoms with E-state index in [4.69, 9.17) is 0 Å². The van der Waals surface area contributed by atoms with Crippen molar-refractivity contribution in [2.24, 2.45) is 11.8 Å². The highest BCUT2D eigenvalue weighted by Gasteiger charge is 2.33. The van der Waals surface area contributed by atoms with Gasteiger partial charge in [-0.2, -0.15) is 0 Å². The molecule has 4 heteroatoms. The molecule has 2 aliphatic heterocycles. The minimum Gasteiger partial charge on any atom is -0.396 e. The van der Waals surface area contributed by atoms with Crippen molar-refractivity contribution in [3.8, 4) is 0 Å². The molecule has 0 radical (unpaired) electrons. The molecule has 2 atom stereocenters. The molecule has 2 saturated heterocycles. The van der Waals surface area contributed by atoms with Crippen LogP contribution in [-0.4, -0.2) is 59.2 Å². The molecular weight excluding hydrogens is 274 g/mol. The molecule has 1 aromatic rings. The van der Waals surface area contributed by atoms with Crippen molar-refractivity contribution in [3.63, 3.8) is 0 Å². The zero-order chi connectivity index (χ0) is 15.2. The molecule has 1 N–H and O–H groups in total. The van der Waals surface area contributed by atoms with Crippen molar-refractivity contribution in [2.45, 2.75) is 32.2 Å². The Morgan fingerprint density at radius 1 is 1.05 bits per heavy atom. The number of hydrogen-bond donors (Lipinski definition) is 1. The van der Waals surface area contributed by atoms with E-state index in [1.807, 2.05) is 18.5 Å². The third kappa shape index (κ3) is 4.28. The Morgan fingerprint density at radius 3 is 2.50 bits per heavy atom. The first kappa shape index (κ1) is 15.9. The van der Waals surface area contributed by atoms with Crippen LogP contribution in [0.2, 0.25) is 0 Å². The van der Waals surface area contributed by atoms with E-state index in [2.05, 4.69) is 20.9 Å². The van der Waals surface area contributed by atoms with Gasteiger partial charge < -0.3 is 10.0 Å². The minimum atomic E-state index is 0.321. The molecule has 1 aromatic heterocycles. The lowest BCUT2D eigenvalue weighted by Crippen LogP contribution is -2.34. The maximum absolute atomic E-state index is 9.75. The molecule has 0 aromatic carbocycles. The van der Waals surface area contributed by atoms with Crippen molar-refractivity contribution in [2.75, 3.05) is 39.3 Å². The number of aliphatic hydroxyl groups is 1. The van der Waals surface area contributed by atoms with Crippen molar-refractivity contribution in [1.82, 2.24) is 14.8 Å². The topological polar surface area (TPSA) is 39.6 Å². The Labute approximate surface area is 134 Å². The van der Waals surface area contributed by atoms with Gasteiger partial charge in [-0.05, 0) is 49.4 Å². The average molecular weight is 303 g/mol. The zero-order valence-corrected chi connectivity index (χ0v) is 13.5. The highest BCUT2D eigenvalue weighted by atomic mass is 16.3. The lowest BCUT2D eigenvalue weighted by atomic mass is 9.96. The van der Waals surface area contributed by atoms with Gasteiger partial charge in [0.15, 0.2) is 0 Å². The zero-order valence-electron chi connectivity index (χ0n) is 13.5. The Kier molecular flexibility index (Phi) is 5.82. The van der Waals surface area contributed by atoms with Gasteiger partial charge in [0.05, 0.1) is 0 Å². The molecule has 3 heterocycles. The fourth-order valence-corrected chi connectivity index (χ4v) is 3.98. The highest BCUT2D eigenvalue weighted by Crippen LogP contribution is 2.26. The second-order valence-corrected chi connectivity index (χ2v) is 6.97. The Balaban J connectivity index is 1.54. The molecule has 22 heavy (non-hydrogen) atoms. The number of aromatic nitrogens is 1. The molecule has 0 bridgehead atoms. The van der Waals surface area contributed by atoms with Crippen LogP contribution in [-0.2, 0) is 6.54 Å². The van der Waals surface area contributed by atoms with Crippen LogP contribution in [0.25, 0.3) is 0 Å². The van der Waals surface area contributed by atoms with Crippen LogP contribution in [0.3, 0.4) is 0 Å². The Bertz CT molecular complexity index is 431. The highest BCUT2D eigenvalue weighted by molar-refractivity contribution is 5.08. The molecule has 0 saturated carbocycles. The molecule has 0 unspecified atom stereocenters. The van der Waals surface area contributed by atoms with Crippen molar-refractivity contribution in [1.29, 1.82) is 0 Å². The number of likely N-dealkylation sites (tertiary alicyclic amines) is 2. The molecule has 0 aliphatic carbocycles. The summed E-state index contributed by atoms with van der Waals surface area (Å²) >= 11 is 0. The summed E-state index contributed by atoms with van der Waals surface area (Å²) in [4.78, 5) is 9.32. The van der Waals surface area contributed by atoms with Gasteiger partial charge in [-0.15, -0.1) is 0 Å². The standard InChI is InChI=1S/C18H29N3O/c22-15-18-14-21(11-16-6-5-7-19-10-16)13-17(18)12-20-8-3-1-2-4-9-20/h5-7,10,17-18,22H,1-4,8-9,11-15H2/t17-,18-/m1/s1. The second-order valence-electron chi connectivity index (χ2n) is 6.97. The van der Waals surface area contributed by atoms with Crippen LogP contribution >= 0.6 is 0 Å². The maximum atomic E-state index is 9.75. The van der Waals surface area contributed by atoms with Gasteiger partial charge in [-0.25, -0.2) is 0 Å². The molecule has 4 nitrogen and oxygen atoms in total. The van der Waals surface area contributed by atoms with E-state index in [0.717, 1.165) is 26.2 Å². The van der Waals surface area contributed by atoms with Gasteiger partial charge in [-0.1, -0.05) is 18.9 Å². The van der Waals surface area contributed by atoms with Crippen LogP contribution in [0.1, 0.15) is 31.2 Å². The smallest absolute Gasteiger partial charge is 0.0475 e. The number of hydrogen-bond acceptors (Lipinski definition) is 4. The van der Waals surface area contributed by atoms with Gasteiger partial charge in [0.2, 0.25) is 0 Å². The molecule has 122 valence electrons. The summed E-state index contributed by atoms with van der Waals surface area (Å²) in [6, 6.07) is 4.15. The summed E-state index contributed by atoms with van der Waals surface area (Å²) in [6.07, 6.45) is 9.24. The number of rotatable bonds is 5. The third-order valence-corrected chi connectivity index (χ3v) is 5.21. The summed E-state index contributed by atoms with van der Waals surface area (Å²) in [5, 5.41) is 9.75. The fourth-order valence-electron chi connectivity index (χ4n) is 3.98. The molecule has 0 amide bonds. The lowest BCUT2D eigenvalue weighted by molar-refractivity contribution is 0.165. The summed E-state index contributed by atoms with van der Waals surface area (Å²) in [7, 11) is 0. The van der Waals surface area contributed by atoms with Gasteiger partial charge in [0, 0.05) is 45.2 Å². The van der Waals surface area contributed by atoms with E-state index in [0.29, 0.717) is 18.4 Å². The maximum Gasteiger partial charge on any atom is 0.0475 e. The SMILES string of the molecule is OC[C@H]1CN(Cc2cccnc2)C[C@H]1CN1CCCCCC1. The van der Waals surface area contributed by atoms with Gasteiger partial charge in [0.1, 0.15) is 0 Å². The van der Waals surface area contributed by atoms with E-state index in [1.165, 1.54) is 44.3 Å². The summed E-state index contributed by atoms with van der Waals surface area (Å²) < 4.78 is 0. The Morgan fingerprint density at radius 2 is 1.82 bits per heavy atom. The summed E-state index contributed by atoms with van der Waals surface area (Å²) in [5.41, 5.74) is 1.27. The minimum absolute atomic E-state index is 0.321. The van der Waals surface area contributed by atoms with E-state index >= 15 is 0 Å². The normalized spacial score (nSPS) is 27.9. The van der Waals surface area contributed by atoms with Crippen LogP contribution in [0.4, 0.5) is 0 Å². The second kappa shape index (κ2) is 8.04. The van der Waals surface area contributed by atoms with Gasteiger partial charge in [-0.3, -0.25) is 9.88 Å². The molecule has 2 fully saturated rings. The van der Waals surface area contributed by atoms with Crippen molar-refractivity contribution in [3.05, 3.63) is 30.1 Å². The molecule has 3 rings (SSSR count). The largest absolute Gasteiger partial charge is 0.396 e. The number of aliphatic hydroxyl groups excluding tert-OH is 1. The molecule has 2 aliphatic rings.